The van der Waals surface area contributed by atoms with Crippen LogP contribution in [0, 0.1) is 0 Å². The number of aromatic nitrogens is 1. The molecule has 1 aliphatic heterocycles. The van der Waals surface area contributed by atoms with Crippen LogP contribution in [-0.2, 0) is 11.3 Å². The van der Waals surface area contributed by atoms with Crippen molar-refractivity contribution in [2.45, 2.75) is 45.9 Å². The summed E-state index contributed by atoms with van der Waals surface area (Å²) < 4.78 is 5.39. The Balaban J connectivity index is 0.00000300. The van der Waals surface area contributed by atoms with Crippen molar-refractivity contribution in [2.24, 2.45) is 4.99 Å². The van der Waals surface area contributed by atoms with Gasteiger partial charge in [-0.15, -0.1) is 24.0 Å². The quantitative estimate of drug-likeness (QED) is 0.373. The summed E-state index contributed by atoms with van der Waals surface area (Å²) in [5.74, 6) is 0.728. The maximum atomic E-state index is 12.1. The Kier molecular flexibility index (Phi) is 8.06. The van der Waals surface area contributed by atoms with Gasteiger partial charge in [0.1, 0.15) is 5.60 Å². The van der Waals surface area contributed by atoms with Crippen molar-refractivity contribution in [3.63, 3.8) is 0 Å². The average molecular weight is 511 g/mol. The van der Waals surface area contributed by atoms with E-state index in [9.17, 15) is 4.79 Å². The molecule has 1 aromatic heterocycles. The normalized spacial score (nSPS) is 14.8. The molecule has 0 spiro atoms. The predicted molar refractivity (Wildman–Crippen MR) is 127 cm³/mol. The number of aliphatic imine (C=N–C) groups is 1. The minimum Gasteiger partial charge on any atom is -0.444 e. The molecule has 1 aliphatic rings. The van der Waals surface area contributed by atoms with Gasteiger partial charge in [0.05, 0.1) is 18.3 Å². The Hall–Kier alpha value is -2.10. The number of carbonyl (C=O) groups is 1. The third-order valence-corrected chi connectivity index (χ3v) is 4.36. The summed E-state index contributed by atoms with van der Waals surface area (Å²) in [4.78, 5) is 22.9. The molecule has 1 fully saturated rings. The number of nitrogens with zero attached hydrogens (tertiary/aromatic N) is 3. The van der Waals surface area contributed by atoms with Crippen LogP contribution in [0.4, 0.5) is 4.79 Å². The highest BCUT2D eigenvalue weighted by Gasteiger charge is 2.34. The van der Waals surface area contributed by atoms with E-state index in [-0.39, 0.29) is 36.1 Å². The van der Waals surface area contributed by atoms with Gasteiger partial charge in [0.25, 0.3) is 0 Å². The molecule has 158 valence electrons. The average Bonchev–Trinajstić information content (AvgIpc) is 2.60. The molecule has 1 amide bonds. The topological polar surface area (TPSA) is 78.9 Å². The van der Waals surface area contributed by atoms with Crippen molar-refractivity contribution in [3.8, 4) is 0 Å². The van der Waals surface area contributed by atoms with Crippen LogP contribution in [0.15, 0.2) is 41.5 Å². The largest absolute Gasteiger partial charge is 0.444 e. The molecule has 2 aromatic rings. The number of guanidine groups is 1. The second-order valence-electron chi connectivity index (χ2n) is 7.90. The fourth-order valence-electron chi connectivity index (χ4n) is 3.02. The van der Waals surface area contributed by atoms with Crippen molar-refractivity contribution >= 4 is 46.8 Å². The second kappa shape index (κ2) is 10.1. The third-order valence-electron chi connectivity index (χ3n) is 4.36. The van der Waals surface area contributed by atoms with Crippen molar-refractivity contribution in [2.75, 3.05) is 19.6 Å². The number of fused-ring (bicyclic) bond motifs is 1. The van der Waals surface area contributed by atoms with Crippen LogP contribution in [0.2, 0.25) is 0 Å². The van der Waals surface area contributed by atoms with Crippen molar-refractivity contribution in [3.05, 3.63) is 42.2 Å². The van der Waals surface area contributed by atoms with Crippen molar-refractivity contribution < 1.29 is 9.53 Å². The van der Waals surface area contributed by atoms with Gasteiger partial charge in [-0.05, 0) is 39.1 Å². The van der Waals surface area contributed by atoms with Crippen LogP contribution >= 0.6 is 24.0 Å². The van der Waals surface area contributed by atoms with Crippen molar-refractivity contribution in [1.29, 1.82) is 0 Å². The molecule has 7 nitrogen and oxygen atoms in total. The molecule has 0 saturated carbocycles. The van der Waals surface area contributed by atoms with Crippen LogP contribution < -0.4 is 10.6 Å². The summed E-state index contributed by atoms with van der Waals surface area (Å²) in [6, 6.07) is 10.3. The van der Waals surface area contributed by atoms with E-state index in [0.717, 1.165) is 29.0 Å². The first-order chi connectivity index (χ1) is 13.4. The lowest BCUT2D eigenvalue weighted by molar-refractivity contribution is 0.00701. The van der Waals surface area contributed by atoms with E-state index in [4.69, 9.17) is 4.74 Å². The predicted octanol–water partition coefficient (Wildman–Crippen LogP) is 3.53. The molecule has 0 bridgehead atoms. The Morgan fingerprint density at radius 2 is 2.00 bits per heavy atom. The van der Waals surface area contributed by atoms with Gasteiger partial charge in [-0.25, -0.2) is 9.79 Å². The summed E-state index contributed by atoms with van der Waals surface area (Å²) in [5, 5.41) is 8.92. The molecular formula is C21H30IN5O2. The van der Waals surface area contributed by atoms with Gasteiger partial charge in [0.2, 0.25) is 0 Å². The fourth-order valence-corrected chi connectivity index (χ4v) is 3.02. The number of carbonyl (C=O) groups excluding carboxylic acids is 1. The minimum absolute atomic E-state index is 0. The number of amides is 1. The molecule has 3 rings (SSSR count). The SMILES string of the molecule is CCNC(=NCc1nccc2ccccc12)NC1CN(C(=O)OC(C)(C)C)C1.I. The van der Waals surface area contributed by atoms with E-state index < -0.39 is 5.60 Å². The molecule has 2 heterocycles. The van der Waals surface area contributed by atoms with Gasteiger partial charge in [0, 0.05) is 31.2 Å². The van der Waals surface area contributed by atoms with E-state index in [1.807, 2.05) is 52.1 Å². The number of halogens is 1. The second-order valence-corrected chi connectivity index (χ2v) is 7.90. The summed E-state index contributed by atoms with van der Waals surface area (Å²) in [5.41, 5.74) is 0.469. The first-order valence-electron chi connectivity index (χ1n) is 9.71. The van der Waals surface area contributed by atoms with E-state index >= 15 is 0 Å². The summed E-state index contributed by atoms with van der Waals surface area (Å²) in [7, 11) is 0. The Morgan fingerprint density at radius 1 is 1.28 bits per heavy atom. The van der Waals surface area contributed by atoms with E-state index in [1.165, 1.54) is 0 Å². The van der Waals surface area contributed by atoms with E-state index in [1.54, 1.807) is 4.90 Å². The van der Waals surface area contributed by atoms with Crippen LogP contribution in [0.25, 0.3) is 10.8 Å². The molecule has 8 heteroatoms. The lowest BCUT2D eigenvalue weighted by Crippen LogP contribution is -2.63. The monoisotopic (exact) mass is 511 g/mol. The number of rotatable bonds is 4. The highest BCUT2D eigenvalue weighted by atomic mass is 127. The molecule has 1 aromatic carbocycles. The minimum atomic E-state index is -0.475. The number of hydrogen-bond donors (Lipinski definition) is 2. The van der Waals surface area contributed by atoms with Crippen LogP contribution in [-0.4, -0.2) is 53.2 Å². The molecule has 29 heavy (non-hydrogen) atoms. The lowest BCUT2D eigenvalue weighted by Gasteiger charge is -2.40. The van der Waals surface area contributed by atoms with Gasteiger partial charge >= 0.3 is 6.09 Å². The summed E-state index contributed by atoms with van der Waals surface area (Å²) in [6.07, 6.45) is 1.55. The fraction of sp³-hybridized carbons (Fsp3) is 0.476. The molecule has 0 atom stereocenters. The van der Waals surface area contributed by atoms with E-state index in [2.05, 4.69) is 32.7 Å². The number of ether oxygens (including phenoxy) is 1. The Morgan fingerprint density at radius 3 is 2.69 bits per heavy atom. The highest BCUT2D eigenvalue weighted by molar-refractivity contribution is 14.0. The number of benzene rings is 1. The number of pyridine rings is 1. The zero-order valence-electron chi connectivity index (χ0n) is 17.4. The molecule has 2 N–H and O–H groups in total. The number of likely N-dealkylation sites (tertiary alicyclic amines) is 1. The highest BCUT2D eigenvalue weighted by Crippen LogP contribution is 2.17. The lowest BCUT2D eigenvalue weighted by atomic mass is 10.1. The summed E-state index contributed by atoms with van der Waals surface area (Å²) >= 11 is 0. The van der Waals surface area contributed by atoms with Crippen LogP contribution in [0.5, 0.6) is 0 Å². The van der Waals surface area contributed by atoms with E-state index in [0.29, 0.717) is 19.6 Å². The maximum absolute atomic E-state index is 12.1. The Bertz CT molecular complexity index is 854. The van der Waals surface area contributed by atoms with Crippen molar-refractivity contribution in [1.82, 2.24) is 20.5 Å². The maximum Gasteiger partial charge on any atom is 0.410 e. The van der Waals surface area contributed by atoms with Crippen LogP contribution in [0.3, 0.4) is 0 Å². The van der Waals surface area contributed by atoms with Crippen LogP contribution in [0.1, 0.15) is 33.4 Å². The van der Waals surface area contributed by atoms with Gasteiger partial charge in [-0.3, -0.25) is 4.98 Å². The zero-order chi connectivity index (χ0) is 20.1. The Labute approximate surface area is 189 Å². The summed E-state index contributed by atoms with van der Waals surface area (Å²) in [6.45, 7) is 10.1. The van der Waals surface area contributed by atoms with Gasteiger partial charge < -0.3 is 20.3 Å². The molecule has 0 radical (unpaired) electrons. The number of nitrogens with one attached hydrogen (secondary N) is 2. The molecule has 0 aliphatic carbocycles. The number of hydrogen-bond acceptors (Lipinski definition) is 4. The third kappa shape index (κ3) is 6.45. The smallest absolute Gasteiger partial charge is 0.410 e. The van der Waals surface area contributed by atoms with Gasteiger partial charge in [-0.1, -0.05) is 24.3 Å². The molecule has 0 unspecified atom stereocenters. The zero-order valence-corrected chi connectivity index (χ0v) is 19.8. The first kappa shape index (κ1) is 23.2. The first-order valence-corrected chi connectivity index (χ1v) is 9.71. The standard InChI is InChI=1S/C21H29N5O2.HI/c1-5-22-19(25-16-13-26(14-16)20(27)28-21(2,3)4)24-12-18-17-9-7-6-8-15(17)10-11-23-18;/h6-11,16H,5,12-14H2,1-4H3,(H2,22,24,25);1H. The van der Waals surface area contributed by atoms with Gasteiger partial charge in [0.15, 0.2) is 5.96 Å². The molecular weight excluding hydrogens is 481 g/mol. The van der Waals surface area contributed by atoms with Gasteiger partial charge in [-0.2, -0.15) is 0 Å². The molecule has 1 saturated heterocycles.